The minimum Gasteiger partial charge on any atom is -0.313 e. The lowest BCUT2D eigenvalue weighted by Crippen LogP contribution is -1.92. The van der Waals surface area contributed by atoms with Gasteiger partial charge in [0.05, 0.1) is 0 Å². The van der Waals surface area contributed by atoms with E-state index < -0.39 is 0 Å². The lowest BCUT2D eigenvalue weighted by molar-refractivity contribution is -0.137. The highest BCUT2D eigenvalue weighted by Gasteiger charge is 1.78. The maximum atomic E-state index is 7.48. The molecule has 0 saturated carbocycles. The predicted molar refractivity (Wildman–Crippen MR) is 23.3 cm³/mol. The molecule has 2 nitrogen and oxygen atoms in total. The smallest absolute Gasteiger partial charge is 0.313 e. The molecular formula is CH3BBrO2. The molecule has 0 atom stereocenters. The van der Waals surface area contributed by atoms with E-state index in [2.05, 4.69) is 20.7 Å². The first-order valence-electron chi connectivity index (χ1n) is 1.09. The van der Waals surface area contributed by atoms with E-state index in [1.165, 1.54) is 7.48 Å². The number of halogens is 1. The Morgan fingerprint density at radius 1 is 2.00 bits per heavy atom. The molecule has 0 rings (SSSR count). The van der Waals surface area contributed by atoms with Crippen LogP contribution in [0.5, 0.6) is 0 Å². The zero-order chi connectivity index (χ0) is 4.12. The van der Waals surface area contributed by atoms with Crippen LogP contribution in [0, 0.1) is 0 Å². The third-order valence-corrected chi connectivity index (χ3v) is 0.402. The van der Waals surface area contributed by atoms with Gasteiger partial charge in [0.2, 0.25) is 0 Å². The van der Waals surface area contributed by atoms with Crippen molar-refractivity contribution in [1.82, 2.24) is 0 Å². The van der Waals surface area contributed by atoms with Gasteiger partial charge in [0.15, 0.2) is 0 Å². The van der Waals surface area contributed by atoms with Gasteiger partial charge in [0.1, 0.15) is 0 Å². The molecule has 0 aliphatic heterocycles. The summed E-state index contributed by atoms with van der Waals surface area (Å²) in [5.41, 5.74) is 0. The van der Waals surface area contributed by atoms with Crippen molar-refractivity contribution >= 4 is 23.4 Å². The van der Waals surface area contributed by atoms with Gasteiger partial charge in [0, 0.05) is 5.23 Å². The van der Waals surface area contributed by atoms with Crippen molar-refractivity contribution in [1.29, 1.82) is 0 Å². The topological polar surface area (TPSA) is 29.5 Å². The Kier molecular flexibility index (Phi) is 4.88. The molecule has 0 aromatic carbocycles. The minimum atomic E-state index is 0.559. The molecule has 0 amide bonds. The second-order valence-electron chi connectivity index (χ2n) is 0.426. The van der Waals surface area contributed by atoms with Crippen molar-refractivity contribution in [2.45, 2.75) is 0 Å². The summed E-state index contributed by atoms with van der Waals surface area (Å²) in [5.74, 6) is 0. The lowest BCUT2D eigenvalue weighted by atomic mass is 10.1. The van der Waals surface area contributed by atoms with E-state index in [1.54, 1.807) is 0 Å². The van der Waals surface area contributed by atoms with Crippen LogP contribution in [0.4, 0.5) is 0 Å². The van der Waals surface area contributed by atoms with Gasteiger partial charge < -0.3 is 4.81 Å². The highest BCUT2D eigenvalue weighted by molar-refractivity contribution is 9.09. The van der Waals surface area contributed by atoms with Gasteiger partial charge in [-0.25, -0.2) is 0 Å². The molecule has 0 bridgehead atoms. The van der Waals surface area contributed by atoms with Gasteiger partial charge in [-0.05, 0) is 0 Å². The molecule has 0 aliphatic rings. The molecule has 29 valence electrons. The average Bonchev–Trinajstić information content (AvgIpc) is 1.41. The fourth-order valence-electron chi connectivity index (χ4n) is 0.0282. The van der Waals surface area contributed by atoms with Gasteiger partial charge in [-0.2, -0.15) is 0 Å². The van der Waals surface area contributed by atoms with E-state index in [9.17, 15) is 0 Å². The average molecular weight is 138 g/mol. The maximum absolute atomic E-state index is 7.48. The van der Waals surface area contributed by atoms with E-state index in [0.29, 0.717) is 5.23 Å². The Morgan fingerprint density at radius 3 is 2.60 bits per heavy atom. The first kappa shape index (κ1) is 5.46. The van der Waals surface area contributed by atoms with Crippen molar-refractivity contribution < 1.29 is 10.1 Å². The molecule has 1 radical (unpaired) electrons. The Labute approximate surface area is 39.5 Å². The van der Waals surface area contributed by atoms with E-state index >= 15 is 0 Å². The van der Waals surface area contributed by atoms with Crippen molar-refractivity contribution in [2.24, 2.45) is 0 Å². The van der Waals surface area contributed by atoms with Crippen LogP contribution < -0.4 is 0 Å². The monoisotopic (exact) mass is 137 g/mol. The van der Waals surface area contributed by atoms with E-state index in [1.807, 2.05) is 0 Å². The predicted octanol–water partition coefficient (Wildman–Crippen LogP) is 0.448. The fraction of sp³-hybridized carbons (Fsp3) is 1.00. The first-order valence-corrected chi connectivity index (χ1v) is 2.22. The summed E-state index contributed by atoms with van der Waals surface area (Å²) in [6, 6.07) is 0. The van der Waals surface area contributed by atoms with Crippen molar-refractivity contribution in [3.63, 3.8) is 0 Å². The first-order chi connectivity index (χ1) is 2.41. The summed E-state index contributed by atoms with van der Waals surface area (Å²) >= 11 is 2.97. The standard InChI is InChI=1S/CH3BBrO2/c3-1-2-5-4/h4H,1H2. The molecule has 0 spiro atoms. The Bertz CT molecular complexity index is 17.1. The summed E-state index contributed by atoms with van der Waals surface area (Å²) in [4.78, 5) is 3.52. The van der Waals surface area contributed by atoms with Crippen LogP contribution in [-0.4, -0.2) is 18.0 Å². The summed E-state index contributed by atoms with van der Waals surface area (Å²) < 4.78 is 0. The summed E-state index contributed by atoms with van der Waals surface area (Å²) in [5, 5.41) is 8.04. The number of hydrogen-bond acceptors (Lipinski definition) is 2. The van der Waals surface area contributed by atoms with Crippen LogP contribution in [0.25, 0.3) is 0 Å². The molecule has 0 fully saturated rings. The molecule has 0 unspecified atom stereocenters. The van der Waals surface area contributed by atoms with Crippen molar-refractivity contribution in [3.8, 4) is 0 Å². The van der Waals surface area contributed by atoms with E-state index in [0.717, 1.165) is 0 Å². The fourth-order valence-corrected chi connectivity index (χ4v) is 0.146. The minimum absolute atomic E-state index is 0.559. The number of alkyl halides is 1. The molecule has 4 heteroatoms. The van der Waals surface area contributed by atoms with Crippen LogP contribution in [0.2, 0.25) is 0 Å². The lowest BCUT2D eigenvalue weighted by Gasteiger charge is -1.77. The molecule has 1 N–H and O–H groups in total. The molecule has 0 aromatic heterocycles. The van der Waals surface area contributed by atoms with Gasteiger partial charge in [-0.1, -0.05) is 15.9 Å². The zero-order valence-corrected chi connectivity index (χ0v) is 4.10. The third kappa shape index (κ3) is 4.46. The second-order valence-corrected chi connectivity index (χ2v) is 1.07. The van der Waals surface area contributed by atoms with Crippen LogP contribution in [0.15, 0.2) is 0 Å². The largest absolute Gasteiger partial charge is 0.355 e. The van der Waals surface area contributed by atoms with Crippen LogP contribution >= 0.6 is 15.9 Å². The molecule has 5 heavy (non-hydrogen) atoms. The Balaban J connectivity index is 2.19. The van der Waals surface area contributed by atoms with Crippen LogP contribution in [-0.2, 0) is 4.81 Å². The van der Waals surface area contributed by atoms with Crippen molar-refractivity contribution in [2.75, 3.05) is 5.23 Å². The second kappa shape index (κ2) is 4.46. The van der Waals surface area contributed by atoms with Gasteiger partial charge in [-0.15, -0.1) is 0 Å². The van der Waals surface area contributed by atoms with Crippen LogP contribution in [0.1, 0.15) is 0 Å². The maximum Gasteiger partial charge on any atom is 0.355 e. The van der Waals surface area contributed by atoms with Gasteiger partial charge >= 0.3 is 7.48 Å². The Morgan fingerprint density at radius 2 is 2.60 bits per heavy atom. The summed E-state index contributed by atoms with van der Waals surface area (Å²) in [6.07, 6.45) is 0. The van der Waals surface area contributed by atoms with E-state index in [4.69, 9.17) is 5.26 Å². The van der Waals surface area contributed by atoms with Crippen molar-refractivity contribution in [3.05, 3.63) is 0 Å². The summed E-state index contributed by atoms with van der Waals surface area (Å²) in [7, 11) is 1.22. The van der Waals surface area contributed by atoms with Gasteiger partial charge in [-0.3, -0.25) is 5.26 Å². The quantitative estimate of drug-likeness (QED) is 0.259. The molecular weight excluding hydrogens is 135 g/mol. The summed E-state index contributed by atoms with van der Waals surface area (Å²) in [6.45, 7) is 0. The van der Waals surface area contributed by atoms with E-state index in [-0.39, 0.29) is 0 Å². The third-order valence-electron chi connectivity index (χ3n) is 0.138. The highest BCUT2D eigenvalue weighted by Crippen LogP contribution is 1.71. The normalized spacial score (nSPS) is 7.60. The van der Waals surface area contributed by atoms with Crippen LogP contribution in [0.3, 0.4) is 0 Å². The molecule has 0 saturated heterocycles. The molecule has 0 aromatic rings. The number of rotatable bonds is 2. The molecule has 0 aliphatic carbocycles. The van der Waals surface area contributed by atoms with Gasteiger partial charge in [0.25, 0.3) is 0 Å². The zero-order valence-electron chi connectivity index (χ0n) is 2.52. The highest BCUT2D eigenvalue weighted by atomic mass is 79.9. The molecule has 0 heterocycles. The SMILES string of the molecule is OO[B]CBr. The Hall–Kier alpha value is 0.465. The number of hydrogen-bond donors (Lipinski definition) is 1.